The van der Waals surface area contributed by atoms with Crippen LogP contribution in [0.1, 0.15) is 21.9 Å². The summed E-state index contributed by atoms with van der Waals surface area (Å²) in [6, 6.07) is 3.85. The molecule has 8 nitrogen and oxygen atoms in total. The Balaban J connectivity index is 1.86. The van der Waals surface area contributed by atoms with Crippen LogP contribution in [-0.4, -0.2) is 35.0 Å². The highest BCUT2D eigenvalue weighted by atomic mass is 79.9. The molecular formula is C17H11Br3N2O6. The van der Waals surface area contributed by atoms with Crippen LogP contribution < -0.4 is 5.32 Å². The van der Waals surface area contributed by atoms with Crippen molar-refractivity contribution < 1.29 is 28.6 Å². The number of phenols is 1. The van der Waals surface area contributed by atoms with E-state index in [1.165, 1.54) is 25.3 Å². The van der Waals surface area contributed by atoms with E-state index in [1.54, 1.807) is 6.07 Å². The molecule has 0 spiro atoms. The van der Waals surface area contributed by atoms with Crippen molar-refractivity contribution in [1.82, 2.24) is 10.2 Å². The number of nitrogens with zero attached hydrogens (tertiary/aromatic N) is 1. The smallest absolute Gasteiger partial charge is 0.373 e. The van der Waals surface area contributed by atoms with Gasteiger partial charge >= 0.3 is 12.0 Å². The monoisotopic (exact) mass is 576 g/mol. The lowest BCUT2D eigenvalue weighted by molar-refractivity contribution is -0.123. The third-order valence-electron chi connectivity index (χ3n) is 3.79. The van der Waals surface area contributed by atoms with Crippen LogP contribution >= 0.6 is 47.8 Å². The van der Waals surface area contributed by atoms with Crippen LogP contribution in [0.4, 0.5) is 4.79 Å². The second-order valence-electron chi connectivity index (χ2n) is 5.55. The van der Waals surface area contributed by atoms with Crippen molar-refractivity contribution in [2.24, 2.45) is 0 Å². The number of halogens is 3. The van der Waals surface area contributed by atoms with Gasteiger partial charge in [0.25, 0.3) is 5.91 Å². The maximum atomic E-state index is 12.6. The number of phenolic OH excluding ortho intramolecular Hbond substituents is 1. The van der Waals surface area contributed by atoms with Gasteiger partial charge in [-0.25, -0.2) is 9.59 Å². The van der Waals surface area contributed by atoms with Gasteiger partial charge in [0.2, 0.25) is 5.76 Å². The third kappa shape index (κ3) is 3.87. The molecule has 0 radical (unpaired) electrons. The number of amides is 3. The molecular weight excluding hydrogens is 568 g/mol. The number of benzene rings is 1. The number of imide groups is 1. The summed E-state index contributed by atoms with van der Waals surface area (Å²) in [5.74, 6) is -1.07. The molecule has 0 unspecified atom stereocenters. The summed E-state index contributed by atoms with van der Waals surface area (Å²) in [5.41, 5.74) is 0.491. The zero-order valence-electron chi connectivity index (χ0n) is 14.1. The highest BCUT2D eigenvalue weighted by Gasteiger charge is 2.34. The second kappa shape index (κ2) is 8.10. The molecule has 28 heavy (non-hydrogen) atoms. The van der Waals surface area contributed by atoms with Crippen molar-refractivity contribution in [3.8, 4) is 5.75 Å². The van der Waals surface area contributed by atoms with Gasteiger partial charge in [0, 0.05) is 10.0 Å². The summed E-state index contributed by atoms with van der Waals surface area (Å²) < 4.78 is 11.2. The minimum Gasteiger partial charge on any atom is -0.506 e. The number of urea groups is 1. The van der Waals surface area contributed by atoms with Gasteiger partial charge in [-0.05, 0) is 56.1 Å². The summed E-state index contributed by atoms with van der Waals surface area (Å²) in [6.07, 6.45) is 1.43. The largest absolute Gasteiger partial charge is 0.506 e. The summed E-state index contributed by atoms with van der Waals surface area (Å²) >= 11 is 9.83. The Hall–Kier alpha value is -2.11. The fourth-order valence-electron chi connectivity index (χ4n) is 2.42. The average Bonchev–Trinajstić information content (AvgIpc) is 3.23. The van der Waals surface area contributed by atoms with Crippen molar-refractivity contribution in [3.05, 3.63) is 54.4 Å². The normalized spacial score (nSPS) is 15.3. The molecule has 3 amide bonds. The summed E-state index contributed by atoms with van der Waals surface area (Å²) in [4.78, 5) is 37.2. The average molecular weight is 579 g/mol. The van der Waals surface area contributed by atoms with Gasteiger partial charge in [-0.15, -0.1) is 0 Å². The molecule has 11 heteroatoms. The van der Waals surface area contributed by atoms with E-state index in [2.05, 4.69) is 57.8 Å². The van der Waals surface area contributed by atoms with E-state index in [4.69, 9.17) is 4.42 Å². The van der Waals surface area contributed by atoms with Gasteiger partial charge < -0.3 is 19.6 Å². The first kappa shape index (κ1) is 20.6. The van der Waals surface area contributed by atoms with Crippen LogP contribution in [0.5, 0.6) is 5.75 Å². The molecule has 1 aliphatic rings. The first-order valence-electron chi connectivity index (χ1n) is 7.61. The molecule has 0 atom stereocenters. The summed E-state index contributed by atoms with van der Waals surface area (Å²) in [7, 11) is 1.22. The molecule has 2 heterocycles. The topological polar surface area (TPSA) is 109 Å². The lowest BCUT2D eigenvalue weighted by Gasteiger charge is -2.09. The van der Waals surface area contributed by atoms with E-state index in [0.717, 1.165) is 4.90 Å². The van der Waals surface area contributed by atoms with Crippen molar-refractivity contribution in [2.45, 2.75) is 6.54 Å². The summed E-state index contributed by atoms with van der Waals surface area (Å²) in [5, 5.41) is 12.5. The maximum Gasteiger partial charge on any atom is 0.373 e. The van der Waals surface area contributed by atoms with E-state index in [-0.39, 0.29) is 29.5 Å². The van der Waals surface area contributed by atoms with Crippen LogP contribution in [0.15, 0.2) is 41.7 Å². The predicted octanol–water partition coefficient (Wildman–Crippen LogP) is 4.15. The Morgan fingerprint density at radius 3 is 2.68 bits per heavy atom. The van der Waals surface area contributed by atoms with E-state index >= 15 is 0 Å². The Labute approximate surface area is 183 Å². The minimum atomic E-state index is -0.659. The van der Waals surface area contributed by atoms with Crippen LogP contribution in [-0.2, 0) is 16.1 Å². The Morgan fingerprint density at radius 2 is 2.00 bits per heavy atom. The third-order valence-corrected chi connectivity index (χ3v) is 5.86. The van der Waals surface area contributed by atoms with Crippen molar-refractivity contribution >= 4 is 71.8 Å². The van der Waals surface area contributed by atoms with E-state index in [0.29, 0.717) is 19.0 Å². The first-order chi connectivity index (χ1) is 13.2. The molecule has 2 N–H and O–H groups in total. The molecule has 146 valence electrons. The van der Waals surface area contributed by atoms with Gasteiger partial charge in [-0.3, -0.25) is 9.69 Å². The molecule has 0 bridgehead atoms. The fourth-order valence-corrected chi connectivity index (χ4v) is 4.77. The quantitative estimate of drug-likeness (QED) is 0.320. The SMILES string of the molecule is COC(=O)c1ccc(CN2C(=O)N/C(=C\c3c(Br)cc(Br)c(O)c3Br)C2=O)o1. The standard InChI is InChI=1S/C17H11Br3N2O6/c1-27-16(25)12-3-2-7(28-12)6-22-15(24)11(21-17(22)26)4-8-9(18)5-10(19)14(23)13(8)20/h2-5,23H,6H2,1H3,(H,21,26)/b11-4-. The van der Waals surface area contributed by atoms with Crippen LogP contribution in [0.2, 0.25) is 0 Å². The highest BCUT2D eigenvalue weighted by molar-refractivity contribution is 9.11. The van der Waals surface area contributed by atoms with Crippen molar-refractivity contribution in [3.63, 3.8) is 0 Å². The van der Waals surface area contributed by atoms with E-state index < -0.39 is 17.9 Å². The zero-order chi connectivity index (χ0) is 20.6. The number of aromatic hydroxyl groups is 1. The Kier molecular flexibility index (Phi) is 5.96. The van der Waals surface area contributed by atoms with E-state index in [9.17, 15) is 19.5 Å². The van der Waals surface area contributed by atoms with Gasteiger partial charge in [0.05, 0.1) is 22.6 Å². The number of hydrogen-bond acceptors (Lipinski definition) is 6. The molecule has 2 aromatic rings. The Bertz CT molecular complexity index is 1030. The first-order valence-corrected chi connectivity index (χ1v) is 9.98. The van der Waals surface area contributed by atoms with Crippen molar-refractivity contribution in [2.75, 3.05) is 7.11 Å². The number of rotatable bonds is 4. The van der Waals surface area contributed by atoms with Gasteiger partial charge in [-0.1, -0.05) is 15.9 Å². The Morgan fingerprint density at radius 1 is 1.29 bits per heavy atom. The number of furan rings is 1. The molecule has 3 rings (SSSR count). The molecule has 1 fully saturated rings. The van der Waals surface area contributed by atoms with Crippen LogP contribution in [0.25, 0.3) is 6.08 Å². The van der Waals surface area contributed by atoms with Gasteiger partial charge in [0.1, 0.15) is 17.2 Å². The number of nitrogens with one attached hydrogen (secondary N) is 1. The summed E-state index contributed by atoms with van der Waals surface area (Å²) in [6.45, 7) is -0.160. The second-order valence-corrected chi connectivity index (χ2v) is 8.06. The van der Waals surface area contributed by atoms with Gasteiger partial charge in [-0.2, -0.15) is 0 Å². The number of esters is 1. The van der Waals surface area contributed by atoms with E-state index in [1.807, 2.05) is 0 Å². The lowest BCUT2D eigenvalue weighted by atomic mass is 10.2. The predicted molar refractivity (Wildman–Crippen MR) is 108 cm³/mol. The number of ether oxygens (including phenoxy) is 1. The number of carbonyl (C=O) groups excluding carboxylic acids is 3. The highest BCUT2D eigenvalue weighted by Crippen LogP contribution is 2.40. The molecule has 1 aromatic heterocycles. The lowest BCUT2D eigenvalue weighted by Crippen LogP contribution is -2.30. The molecule has 0 saturated carbocycles. The molecule has 1 aliphatic heterocycles. The number of hydrogen-bond donors (Lipinski definition) is 2. The molecule has 0 aliphatic carbocycles. The van der Waals surface area contributed by atoms with Crippen LogP contribution in [0.3, 0.4) is 0 Å². The maximum absolute atomic E-state index is 12.6. The van der Waals surface area contributed by atoms with Crippen molar-refractivity contribution in [1.29, 1.82) is 0 Å². The fraction of sp³-hybridized carbons (Fsp3) is 0.118. The molecule has 1 saturated heterocycles. The zero-order valence-corrected chi connectivity index (χ0v) is 18.8. The number of carbonyl (C=O) groups is 3. The van der Waals surface area contributed by atoms with Gasteiger partial charge in [0.15, 0.2) is 0 Å². The minimum absolute atomic E-state index is 0.0212. The molecule has 1 aromatic carbocycles. The van der Waals surface area contributed by atoms with Crippen LogP contribution in [0, 0.1) is 0 Å². The number of methoxy groups -OCH3 is 1.